The van der Waals surface area contributed by atoms with Gasteiger partial charge in [0, 0.05) is 0 Å². The molecule has 0 fully saturated rings. The van der Waals surface area contributed by atoms with Crippen LogP contribution in [0.1, 0.15) is 59.3 Å². The molecule has 0 aliphatic rings. The first-order valence-corrected chi connectivity index (χ1v) is 20.0. The normalized spacial score (nSPS) is 12.0. The van der Waals surface area contributed by atoms with Gasteiger partial charge in [0.2, 0.25) is 0 Å². The SMILES string of the molecule is CCC[CH2][Sn]([CH2]CCC)([CH2]CCC)[c]1ccc2nc(-c3ccc(-n4nccn4)nc3)cn2c1. The zero-order chi connectivity index (χ0) is 23.1. The Hall–Kier alpha value is -2.22. The Bertz CT molecular complexity index is 1110. The summed E-state index contributed by atoms with van der Waals surface area (Å²) in [5.41, 5.74) is 2.97. The third kappa shape index (κ3) is 5.48. The van der Waals surface area contributed by atoms with E-state index in [1.807, 2.05) is 18.3 Å². The molecule has 0 aliphatic heterocycles. The van der Waals surface area contributed by atoms with Crippen LogP contribution in [0, 0.1) is 0 Å². The number of pyridine rings is 2. The molecule has 0 saturated carbocycles. The topological polar surface area (TPSA) is 60.9 Å². The molecule has 174 valence electrons. The Kier molecular flexibility index (Phi) is 8.17. The third-order valence-corrected chi connectivity index (χ3v) is 22.3. The Labute approximate surface area is 201 Å². The standard InChI is InChI=1S/C14H9N6.3C4H9.Sn/c1-2-8-19-10-12(18-14(19)3-1)11-4-5-13(15-9-11)20-16-6-7-17-20;3*1-3-4-2;/h1,3-10H;3*1,3-4H2,2H3;. The van der Waals surface area contributed by atoms with Crippen LogP contribution < -0.4 is 3.58 Å². The van der Waals surface area contributed by atoms with E-state index in [2.05, 4.69) is 64.9 Å². The van der Waals surface area contributed by atoms with Crippen molar-refractivity contribution < 1.29 is 0 Å². The molecule has 0 radical (unpaired) electrons. The molecule has 0 aromatic carbocycles. The van der Waals surface area contributed by atoms with Crippen molar-refractivity contribution in [2.24, 2.45) is 0 Å². The third-order valence-electron chi connectivity index (χ3n) is 6.76. The van der Waals surface area contributed by atoms with Gasteiger partial charge in [-0.05, 0) is 0 Å². The van der Waals surface area contributed by atoms with Crippen LogP contribution in [0.2, 0.25) is 13.3 Å². The first-order chi connectivity index (χ1) is 16.2. The van der Waals surface area contributed by atoms with E-state index in [0.717, 1.165) is 16.9 Å². The van der Waals surface area contributed by atoms with Crippen molar-refractivity contribution in [3.8, 4) is 17.1 Å². The van der Waals surface area contributed by atoms with Crippen LogP contribution in [-0.2, 0) is 0 Å². The van der Waals surface area contributed by atoms with E-state index in [0.29, 0.717) is 5.82 Å². The molecule has 0 amide bonds. The molecule has 0 N–H and O–H groups in total. The van der Waals surface area contributed by atoms with E-state index in [-0.39, 0.29) is 0 Å². The first-order valence-electron chi connectivity index (χ1n) is 12.5. The predicted molar refractivity (Wildman–Crippen MR) is 138 cm³/mol. The summed E-state index contributed by atoms with van der Waals surface area (Å²) < 4.78 is 8.36. The Morgan fingerprint density at radius 1 is 0.788 bits per heavy atom. The summed E-state index contributed by atoms with van der Waals surface area (Å²) in [5.74, 6) is 0.705. The van der Waals surface area contributed by atoms with Gasteiger partial charge in [0.05, 0.1) is 0 Å². The van der Waals surface area contributed by atoms with Crippen molar-refractivity contribution in [2.45, 2.75) is 72.6 Å². The van der Waals surface area contributed by atoms with Gasteiger partial charge in [0.25, 0.3) is 0 Å². The number of aromatic nitrogens is 6. The fourth-order valence-electron chi connectivity index (χ4n) is 4.79. The van der Waals surface area contributed by atoms with Crippen LogP contribution in [0.5, 0.6) is 0 Å². The summed E-state index contributed by atoms with van der Waals surface area (Å²) >= 11 is -2.46. The molecule has 4 heterocycles. The molecule has 0 aliphatic carbocycles. The van der Waals surface area contributed by atoms with Crippen molar-refractivity contribution in [1.29, 1.82) is 0 Å². The Balaban J connectivity index is 1.66. The van der Waals surface area contributed by atoms with E-state index in [4.69, 9.17) is 4.98 Å². The van der Waals surface area contributed by atoms with Gasteiger partial charge >= 0.3 is 202 Å². The summed E-state index contributed by atoms with van der Waals surface area (Å²) in [6, 6.07) is 8.64. The molecule has 0 unspecified atom stereocenters. The predicted octanol–water partition coefficient (Wildman–Crippen LogP) is 6.03. The van der Waals surface area contributed by atoms with E-state index < -0.39 is 18.4 Å². The van der Waals surface area contributed by atoms with E-state index in [9.17, 15) is 0 Å². The molecule has 7 heteroatoms. The molecule has 6 nitrogen and oxygen atoms in total. The van der Waals surface area contributed by atoms with Crippen LogP contribution in [0.15, 0.2) is 55.2 Å². The summed E-state index contributed by atoms with van der Waals surface area (Å²) in [6.07, 6.45) is 17.8. The quantitative estimate of drug-likeness (QED) is 0.202. The van der Waals surface area contributed by atoms with Crippen molar-refractivity contribution >= 4 is 27.6 Å². The molecule has 0 spiro atoms. The van der Waals surface area contributed by atoms with E-state index >= 15 is 0 Å². The van der Waals surface area contributed by atoms with Crippen molar-refractivity contribution in [3.05, 3.63) is 55.2 Å². The van der Waals surface area contributed by atoms with Gasteiger partial charge in [-0.1, -0.05) is 0 Å². The minimum atomic E-state index is -2.46. The van der Waals surface area contributed by atoms with Gasteiger partial charge in [0.15, 0.2) is 0 Å². The summed E-state index contributed by atoms with van der Waals surface area (Å²) in [4.78, 5) is 10.9. The van der Waals surface area contributed by atoms with Gasteiger partial charge in [-0.15, -0.1) is 0 Å². The number of rotatable bonds is 12. The Morgan fingerprint density at radius 2 is 1.45 bits per heavy atom. The summed E-state index contributed by atoms with van der Waals surface area (Å²) in [5, 5.41) is 8.30. The van der Waals surface area contributed by atoms with E-state index in [1.165, 1.54) is 56.6 Å². The maximum atomic E-state index is 4.89. The van der Waals surface area contributed by atoms with Crippen LogP contribution in [-0.4, -0.2) is 47.7 Å². The zero-order valence-corrected chi connectivity index (χ0v) is 23.1. The second-order valence-electron chi connectivity index (χ2n) is 9.12. The maximum absolute atomic E-state index is 4.89. The Morgan fingerprint density at radius 3 is 2.03 bits per heavy atom. The van der Waals surface area contributed by atoms with Crippen LogP contribution in [0.4, 0.5) is 0 Å². The number of hydrogen-bond acceptors (Lipinski definition) is 4. The number of unbranched alkanes of at least 4 members (excludes halogenated alkanes) is 3. The van der Waals surface area contributed by atoms with E-state index in [1.54, 1.807) is 16.0 Å². The summed E-state index contributed by atoms with van der Waals surface area (Å²) in [6.45, 7) is 7.01. The zero-order valence-electron chi connectivity index (χ0n) is 20.2. The molecule has 33 heavy (non-hydrogen) atoms. The van der Waals surface area contributed by atoms with Gasteiger partial charge in [0.1, 0.15) is 0 Å². The number of hydrogen-bond donors (Lipinski definition) is 0. The molecule has 0 atom stereocenters. The molecule has 0 saturated heterocycles. The monoisotopic (exact) mass is 552 g/mol. The average Bonchev–Trinajstić information content (AvgIpc) is 3.54. The van der Waals surface area contributed by atoms with Crippen molar-refractivity contribution in [3.63, 3.8) is 0 Å². The average molecular weight is 551 g/mol. The molecule has 4 aromatic rings. The van der Waals surface area contributed by atoms with Gasteiger partial charge in [-0.2, -0.15) is 0 Å². The molecule has 4 aromatic heterocycles. The first kappa shape index (κ1) is 23.9. The minimum absolute atomic E-state index is 0.705. The van der Waals surface area contributed by atoms with Crippen molar-refractivity contribution in [1.82, 2.24) is 29.4 Å². The number of imidazole rings is 1. The van der Waals surface area contributed by atoms with Crippen LogP contribution in [0.3, 0.4) is 0 Å². The number of fused-ring (bicyclic) bond motifs is 1. The second-order valence-corrected chi connectivity index (χ2v) is 22.4. The fraction of sp³-hybridized carbons (Fsp3) is 0.462. The van der Waals surface area contributed by atoms with Gasteiger partial charge < -0.3 is 0 Å². The molecule has 4 rings (SSSR count). The number of nitrogens with zero attached hydrogens (tertiary/aromatic N) is 6. The van der Waals surface area contributed by atoms with Crippen molar-refractivity contribution in [2.75, 3.05) is 0 Å². The molecule has 0 bridgehead atoms. The second kappa shape index (κ2) is 11.3. The van der Waals surface area contributed by atoms with Gasteiger partial charge in [-0.3, -0.25) is 0 Å². The van der Waals surface area contributed by atoms with Crippen LogP contribution in [0.25, 0.3) is 22.7 Å². The van der Waals surface area contributed by atoms with Gasteiger partial charge in [-0.25, -0.2) is 0 Å². The fourth-order valence-corrected chi connectivity index (χ4v) is 20.6. The summed E-state index contributed by atoms with van der Waals surface area (Å²) in [7, 11) is 0. The van der Waals surface area contributed by atoms with Crippen LogP contribution >= 0.6 is 0 Å². The molecular weight excluding hydrogens is 515 g/mol. The molecular formula is C26H36N6Sn.